The van der Waals surface area contributed by atoms with Crippen LogP contribution in [0.5, 0.6) is 0 Å². The van der Waals surface area contributed by atoms with Gasteiger partial charge >= 0.3 is 0 Å². The van der Waals surface area contributed by atoms with Gasteiger partial charge in [-0.1, -0.05) is 13.0 Å². The summed E-state index contributed by atoms with van der Waals surface area (Å²) in [5.74, 6) is 2.51. The highest BCUT2D eigenvalue weighted by Crippen LogP contribution is 2.20. The fourth-order valence-corrected chi connectivity index (χ4v) is 3.79. The van der Waals surface area contributed by atoms with Gasteiger partial charge in [0.05, 0.1) is 13.2 Å². The van der Waals surface area contributed by atoms with Gasteiger partial charge in [0.15, 0.2) is 5.96 Å². The number of hydrogen-bond acceptors (Lipinski definition) is 5. The number of morpholine rings is 1. The van der Waals surface area contributed by atoms with Gasteiger partial charge in [-0.05, 0) is 25.8 Å². The molecule has 7 nitrogen and oxygen atoms in total. The normalized spacial score (nSPS) is 23.6. The number of rotatable bonds is 5. The molecule has 0 spiro atoms. The van der Waals surface area contributed by atoms with Crippen LogP contribution in [0.3, 0.4) is 0 Å². The first kappa shape index (κ1) is 23.2. The molecule has 0 aliphatic carbocycles. The molecule has 2 atom stereocenters. The van der Waals surface area contributed by atoms with Crippen LogP contribution in [0.15, 0.2) is 23.3 Å². The molecule has 2 fully saturated rings. The average Bonchev–Trinajstić information content (AvgIpc) is 3.07. The first-order valence-corrected chi connectivity index (χ1v) is 10.1. The van der Waals surface area contributed by atoms with E-state index in [-0.39, 0.29) is 24.0 Å². The summed E-state index contributed by atoms with van der Waals surface area (Å²) >= 11 is 0. The van der Waals surface area contributed by atoms with Crippen molar-refractivity contribution in [1.82, 2.24) is 20.5 Å². The highest BCUT2D eigenvalue weighted by molar-refractivity contribution is 14.0. The highest BCUT2D eigenvalue weighted by Gasteiger charge is 2.31. The number of hydrogen-bond donors (Lipinski definition) is 2. The molecular formula is C20H35IN6O. The Morgan fingerprint density at radius 2 is 2.07 bits per heavy atom. The molecule has 2 N–H and O–H groups in total. The quantitative estimate of drug-likeness (QED) is 0.365. The van der Waals surface area contributed by atoms with Gasteiger partial charge in [-0.15, -0.1) is 24.0 Å². The van der Waals surface area contributed by atoms with Crippen molar-refractivity contribution in [1.29, 1.82) is 0 Å². The minimum atomic E-state index is 0. The molecule has 8 heteroatoms. The summed E-state index contributed by atoms with van der Waals surface area (Å²) < 4.78 is 5.47. The third kappa shape index (κ3) is 5.93. The first-order chi connectivity index (χ1) is 13.1. The maximum Gasteiger partial charge on any atom is 0.191 e. The van der Waals surface area contributed by atoms with Crippen molar-refractivity contribution in [3.8, 4) is 0 Å². The molecule has 0 amide bonds. The van der Waals surface area contributed by atoms with E-state index in [2.05, 4.69) is 57.2 Å². The lowest BCUT2D eigenvalue weighted by Gasteiger charge is -2.29. The van der Waals surface area contributed by atoms with Crippen LogP contribution in [-0.4, -0.2) is 74.4 Å². The van der Waals surface area contributed by atoms with E-state index in [0.717, 1.165) is 51.2 Å². The highest BCUT2D eigenvalue weighted by atomic mass is 127. The van der Waals surface area contributed by atoms with Gasteiger partial charge in [-0.3, -0.25) is 9.89 Å². The van der Waals surface area contributed by atoms with Crippen molar-refractivity contribution in [3.63, 3.8) is 0 Å². The molecule has 3 rings (SSSR count). The number of ether oxygens (including phenoxy) is 1. The molecular weight excluding hydrogens is 467 g/mol. The van der Waals surface area contributed by atoms with Crippen LogP contribution in [0.4, 0.5) is 5.82 Å². The molecule has 3 heterocycles. The fraction of sp³-hybridized carbons (Fsp3) is 0.700. The van der Waals surface area contributed by atoms with Crippen molar-refractivity contribution >= 4 is 35.8 Å². The smallest absolute Gasteiger partial charge is 0.191 e. The summed E-state index contributed by atoms with van der Waals surface area (Å²) in [7, 11) is 1.83. The molecule has 1 aromatic heterocycles. The number of pyridine rings is 1. The standard InChI is InChI=1S/C20H34N6O.HI/c1-15(2)26-13-16(3)18(14-26)24-20(21-4)23-12-17-6-5-7-22-19(17)25-8-10-27-11-9-25;/h5-7,15-16,18H,8-14H2,1-4H3,(H2,21,23,24);1H. The Labute approximate surface area is 186 Å². The zero-order valence-corrected chi connectivity index (χ0v) is 19.8. The van der Waals surface area contributed by atoms with Gasteiger partial charge in [0.1, 0.15) is 5.82 Å². The molecule has 2 saturated heterocycles. The molecule has 0 bridgehead atoms. The lowest BCUT2D eigenvalue weighted by molar-refractivity contribution is 0.122. The second kappa shape index (κ2) is 11.2. The van der Waals surface area contributed by atoms with Gasteiger partial charge in [-0.2, -0.15) is 0 Å². The number of halogens is 1. The van der Waals surface area contributed by atoms with Gasteiger partial charge in [0.25, 0.3) is 0 Å². The second-order valence-electron chi connectivity index (χ2n) is 7.79. The zero-order valence-electron chi connectivity index (χ0n) is 17.5. The summed E-state index contributed by atoms with van der Waals surface area (Å²) in [6.07, 6.45) is 1.86. The Bertz CT molecular complexity index is 635. The Hall–Kier alpha value is -1.13. The maximum absolute atomic E-state index is 5.47. The molecule has 158 valence electrons. The number of aliphatic imine (C=N–C) groups is 1. The Morgan fingerprint density at radius 1 is 1.32 bits per heavy atom. The van der Waals surface area contributed by atoms with E-state index in [9.17, 15) is 0 Å². The van der Waals surface area contributed by atoms with Crippen molar-refractivity contribution in [2.75, 3.05) is 51.3 Å². The molecule has 0 aromatic carbocycles. The average molecular weight is 502 g/mol. The monoisotopic (exact) mass is 502 g/mol. The second-order valence-corrected chi connectivity index (χ2v) is 7.79. The number of likely N-dealkylation sites (tertiary alicyclic amines) is 1. The van der Waals surface area contributed by atoms with Crippen LogP contribution < -0.4 is 15.5 Å². The van der Waals surface area contributed by atoms with Crippen LogP contribution in [-0.2, 0) is 11.3 Å². The van der Waals surface area contributed by atoms with Gasteiger partial charge in [0.2, 0.25) is 0 Å². The van der Waals surface area contributed by atoms with E-state index in [4.69, 9.17) is 4.74 Å². The topological polar surface area (TPSA) is 65.0 Å². The minimum Gasteiger partial charge on any atom is -0.378 e. The van der Waals surface area contributed by atoms with Gasteiger partial charge in [-0.25, -0.2) is 4.98 Å². The molecule has 2 aliphatic heterocycles. The first-order valence-electron chi connectivity index (χ1n) is 10.1. The largest absolute Gasteiger partial charge is 0.378 e. The lowest BCUT2D eigenvalue weighted by atomic mass is 10.1. The van der Waals surface area contributed by atoms with Crippen LogP contribution >= 0.6 is 24.0 Å². The van der Waals surface area contributed by atoms with Crippen molar-refractivity contribution in [2.24, 2.45) is 10.9 Å². The number of nitrogens with one attached hydrogen (secondary N) is 2. The number of anilines is 1. The van der Waals surface area contributed by atoms with E-state index in [1.165, 1.54) is 5.56 Å². The molecule has 0 radical (unpaired) electrons. The van der Waals surface area contributed by atoms with Crippen molar-refractivity contribution in [2.45, 2.75) is 39.4 Å². The van der Waals surface area contributed by atoms with E-state index < -0.39 is 0 Å². The molecule has 1 aromatic rings. The van der Waals surface area contributed by atoms with E-state index >= 15 is 0 Å². The predicted molar refractivity (Wildman–Crippen MR) is 126 cm³/mol. The third-order valence-electron chi connectivity index (χ3n) is 5.54. The van der Waals surface area contributed by atoms with E-state index in [0.29, 0.717) is 24.5 Å². The summed E-state index contributed by atoms with van der Waals surface area (Å²) in [6.45, 7) is 13.0. The third-order valence-corrected chi connectivity index (χ3v) is 5.54. The SMILES string of the molecule is CN=C(NCc1cccnc1N1CCOCC1)NC1CN(C(C)C)CC1C.I. The van der Waals surface area contributed by atoms with Crippen molar-refractivity contribution in [3.05, 3.63) is 23.9 Å². The van der Waals surface area contributed by atoms with E-state index in [1.54, 1.807) is 0 Å². The molecule has 2 aliphatic rings. The van der Waals surface area contributed by atoms with Crippen LogP contribution in [0.25, 0.3) is 0 Å². The Morgan fingerprint density at radius 3 is 2.71 bits per heavy atom. The number of nitrogens with zero attached hydrogens (tertiary/aromatic N) is 4. The Kier molecular flexibility index (Phi) is 9.23. The van der Waals surface area contributed by atoms with Crippen LogP contribution in [0, 0.1) is 5.92 Å². The number of aromatic nitrogens is 1. The molecule has 2 unspecified atom stereocenters. The minimum absolute atomic E-state index is 0. The lowest BCUT2D eigenvalue weighted by Crippen LogP contribution is -2.46. The summed E-state index contributed by atoms with van der Waals surface area (Å²) in [5.41, 5.74) is 1.19. The van der Waals surface area contributed by atoms with Crippen LogP contribution in [0.1, 0.15) is 26.3 Å². The Balaban J connectivity index is 0.00000280. The molecule has 0 saturated carbocycles. The van der Waals surface area contributed by atoms with E-state index in [1.807, 2.05) is 19.3 Å². The summed E-state index contributed by atoms with van der Waals surface area (Å²) in [5, 5.41) is 7.09. The summed E-state index contributed by atoms with van der Waals surface area (Å²) in [4.78, 5) is 13.9. The van der Waals surface area contributed by atoms with Gasteiger partial charge in [0, 0.05) is 63.6 Å². The predicted octanol–water partition coefficient (Wildman–Crippen LogP) is 1.93. The van der Waals surface area contributed by atoms with Crippen LogP contribution in [0.2, 0.25) is 0 Å². The van der Waals surface area contributed by atoms with Gasteiger partial charge < -0.3 is 20.3 Å². The summed E-state index contributed by atoms with van der Waals surface area (Å²) in [6, 6.07) is 5.14. The van der Waals surface area contributed by atoms with Crippen molar-refractivity contribution < 1.29 is 4.74 Å². The maximum atomic E-state index is 5.47. The number of guanidine groups is 1. The fourth-order valence-electron chi connectivity index (χ4n) is 3.79. The molecule has 28 heavy (non-hydrogen) atoms. The zero-order chi connectivity index (χ0) is 19.2.